The maximum Gasteiger partial charge on any atom is 0.238 e. The molecule has 0 saturated heterocycles. The minimum atomic E-state index is -3.73. The predicted molar refractivity (Wildman–Crippen MR) is 99.1 cm³/mol. The largest absolute Gasteiger partial charge is 0.489 e. The topological polar surface area (TPSA) is 102 Å². The number of carbonyl (C=O) groups excluding carboxylic acids is 1. The van der Waals surface area contributed by atoms with Crippen LogP contribution in [0.1, 0.15) is 5.56 Å². The van der Waals surface area contributed by atoms with Crippen LogP contribution in [0.5, 0.6) is 5.75 Å². The molecule has 0 aliphatic heterocycles. The molecule has 0 bridgehead atoms. The molecule has 0 fully saturated rings. The van der Waals surface area contributed by atoms with Gasteiger partial charge in [-0.2, -0.15) is 0 Å². The summed E-state index contributed by atoms with van der Waals surface area (Å²) in [5.74, 6) is -0.441. The first kappa shape index (κ1) is 20.8. The van der Waals surface area contributed by atoms with E-state index in [1.165, 1.54) is 18.2 Å². The Hall–Kier alpha value is -2.49. The molecule has 7 nitrogen and oxygen atoms in total. The van der Waals surface area contributed by atoms with Gasteiger partial charge in [0.2, 0.25) is 15.9 Å². The molecule has 0 radical (unpaired) electrons. The number of likely N-dealkylation sites (N-methyl/N-ethyl adjacent to an activating group) is 1. The van der Waals surface area contributed by atoms with Crippen molar-refractivity contribution >= 4 is 15.9 Å². The van der Waals surface area contributed by atoms with Gasteiger partial charge < -0.3 is 10.1 Å². The number of nitrogens with zero attached hydrogens (tertiary/aromatic N) is 1. The third-order valence-electron chi connectivity index (χ3n) is 3.72. The van der Waals surface area contributed by atoms with Crippen molar-refractivity contribution in [2.24, 2.45) is 5.14 Å². The Labute approximate surface area is 158 Å². The van der Waals surface area contributed by atoms with Crippen molar-refractivity contribution in [2.45, 2.75) is 11.4 Å². The van der Waals surface area contributed by atoms with Gasteiger partial charge in [0, 0.05) is 13.1 Å². The average molecular weight is 395 g/mol. The highest BCUT2D eigenvalue weighted by Gasteiger charge is 2.09. The van der Waals surface area contributed by atoms with Crippen molar-refractivity contribution < 1.29 is 22.3 Å². The molecule has 3 N–H and O–H groups in total. The van der Waals surface area contributed by atoms with E-state index in [0.717, 1.165) is 5.56 Å². The summed E-state index contributed by atoms with van der Waals surface area (Å²) in [7, 11) is -1.97. The molecule has 0 aromatic heterocycles. The lowest BCUT2D eigenvalue weighted by molar-refractivity contribution is -0.122. The minimum Gasteiger partial charge on any atom is -0.489 e. The molecule has 2 aromatic rings. The molecule has 2 rings (SSSR count). The monoisotopic (exact) mass is 395 g/mol. The highest BCUT2D eigenvalue weighted by atomic mass is 32.2. The van der Waals surface area contributed by atoms with E-state index in [9.17, 15) is 17.6 Å². The molecule has 2 aromatic carbocycles. The molecule has 9 heteroatoms. The molecular formula is C18H22FN3O4S. The van der Waals surface area contributed by atoms with Gasteiger partial charge >= 0.3 is 0 Å². The Morgan fingerprint density at radius 2 is 1.85 bits per heavy atom. The first-order valence-electron chi connectivity index (χ1n) is 8.20. The second-order valence-electron chi connectivity index (χ2n) is 5.98. The van der Waals surface area contributed by atoms with Crippen molar-refractivity contribution in [1.82, 2.24) is 10.2 Å². The smallest absolute Gasteiger partial charge is 0.238 e. The van der Waals surface area contributed by atoms with Crippen molar-refractivity contribution in [3.8, 4) is 5.75 Å². The number of hydrogen-bond acceptors (Lipinski definition) is 5. The number of nitrogens with two attached hydrogens (primary N) is 1. The lowest BCUT2D eigenvalue weighted by Crippen LogP contribution is -2.36. The molecule has 27 heavy (non-hydrogen) atoms. The first-order chi connectivity index (χ1) is 12.8. The summed E-state index contributed by atoms with van der Waals surface area (Å²) < 4.78 is 41.2. The highest BCUT2D eigenvalue weighted by Crippen LogP contribution is 2.15. The van der Waals surface area contributed by atoms with Crippen molar-refractivity contribution in [3.05, 3.63) is 59.9 Å². The Kier molecular flexibility index (Phi) is 7.28. The molecule has 0 atom stereocenters. The summed E-state index contributed by atoms with van der Waals surface area (Å²) >= 11 is 0. The number of benzene rings is 2. The number of nitrogens with one attached hydrogen (secondary N) is 1. The van der Waals surface area contributed by atoms with E-state index in [1.807, 2.05) is 0 Å². The molecule has 146 valence electrons. The van der Waals surface area contributed by atoms with Gasteiger partial charge in [0.15, 0.2) is 11.6 Å². The standard InChI is InChI=1S/C18H22FN3O4S/c1-22(10-11-26-17-5-3-2-4-16(17)19)13-18(23)21-12-14-6-8-15(9-7-14)27(20,24)25/h2-9H,10-13H2,1H3,(H,21,23)(H2,20,24,25). The van der Waals surface area contributed by atoms with E-state index in [2.05, 4.69) is 5.32 Å². The SMILES string of the molecule is CN(CCOc1ccccc1F)CC(=O)NCc1ccc(S(N)(=O)=O)cc1. The number of primary sulfonamides is 1. The van der Waals surface area contributed by atoms with Gasteiger partial charge in [0.25, 0.3) is 0 Å². The van der Waals surface area contributed by atoms with Crippen LogP contribution >= 0.6 is 0 Å². The zero-order chi connectivity index (χ0) is 19.9. The Morgan fingerprint density at radius 1 is 1.19 bits per heavy atom. The molecule has 0 heterocycles. The summed E-state index contributed by atoms with van der Waals surface area (Å²) in [5.41, 5.74) is 0.751. The number of carbonyl (C=O) groups is 1. The molecule has 0 aliphatic carbocycles. The maximum atomic E-state index is 13.4. The van der Waals surface area contributed by atoms with Crippen LogP contribution in [0.2, 0.25) is 0 Å². The summed E-state index contributed by atoms with van der Waals surface area (Å²) in [6, 6.07) is 12.1. The van der Waals surface area contributed by atoms with Crippen LogP contribution in [-0.2, 0) is 21.4 Å². The lowest BCUT2D eigenvalue weighted by Gasteiger charge is -2.17. The number of para-hydroxylation sites is 1. The highest BCUT2D eigenvalue weighted by molar-refractivity contribution is 7.89. The van der Waals surface area contributed by atoms with Crippen LogP contribution in [0.15, 0.2) is 53.4 Å². The van der Waals surface area contributed by atoms with Gasteiger partial charge in [-0.1, -0.05) is 24.3 Å². The number of rotatable bonds is 9. The fourth-order valence-electron chi connectivity index (χ4n) is 2.25. The molecule has 1 amide bonds. The van der Waals surface area contributed by atoms with Crippen LogP contribution in [0.3, 0.4) is 0 Å². The van der Waals surface area contributed by atoms with Crippen molar-refractivity contribution in [1.29, 1.82) is 0 Å². The van der Waals surface area contributed by atoms with E-state index in [1.54, 1.807) is 42.3 Å². The van der Waals surface area contributed by atoms with Gasteiger partial charge in [-0.05, 0) is 36.9 Å². The summed E-state index contributed by atoms with van der Waals surface area (Å²) in [6.45, 7) is 1.11. The summed E-state index contributed by atoms with van der Waals surface area (Å²) in [4.78, 5) is 13.7. The first-order valence-corrected chi connectivity index (χ1v) is 9.74. The van der Waals surface area contributed by atoms with Gasteiger partial charge in [-0.3, -0.25) is 9.69 Å². The predicted octanol–water partition coefficient (Wildman–Crippen LogP) is 1.10. The van der Waals surface area contributed by atoms with E-state index in [-0.39, 0.29) is 36.2 Å². The fraction of sp³-hybridized carbons (Fsp3) is 0.278. The number of ether oxygens (including phenoxy) is 1. The van der Waals surface area contributed by atoms with Crippen LogP contribution < -0.4 is 15.2 Å². The van der Waals surface area contributed by atoms with E-state index in [0.29, 0.717) is 6.54 Å². The van der Waals surface area contributed by atoms with Crippen LogP contribution in [-0.4, -0.2) is 46.0 Å². The zero-order valence-electron chi connectivity index (χ0n) is 14.9. The molecule has 0 unspecified atom stereocenters. The lowest BCUT2D eigenvalue weighted by atomic mass is 10.2. The van der Waals surface area contributed by atoms with Gasteiger partial charge in [-0.25, -0.2) is 17.9 Å². The van der Waals surface area contributed by atoms with Crippen molar-refractivity contribution in [2.75, 3.05) is 26.7 Å². The molecule has 0 aliphatic rings. The minimum absolute atomic E-state index is 0.0205. The molecule has 0 saturated carbocycles. The van der Waals surface area contributed by atoms with Gasteiger partial charge in [0.05, 0.1) is 11.4 Å². The summed E-state index contributed by atoms with van der Waals surface area (Å²) in [5, 5.41) is 7.78. The van der Waals surface area contributed by atoms with E-state index >= 15 is 0 Å². The second kappa shape index (κ2) is 9.45. The number of sulfonamides is 1. The maximum absolute atomic E-state index is 13.4. The molecule has 0 spiro atoms. The Bertz CT molecular complexity index is 872. The zero-order valence-corrected chi connectivity index (χ0v) is 15.7. The number of amides is 1. The summed E-state index contributed by atoms with van der Waals surface area (Å²) in [6.07, 6.45) is 0. The van der Waals surface area contributed by atoms with Gasteiger partial charge in [-0.15, -0.1) is 0 Å². The average Bonchev–Trinajstić information content (AvgIpc) is 2.61. The second-order valence-corrected chi connectivity index (χ2v) is 7.54. The Balaban J connectivity index is 1.71. The molecular weight excluding hydrogens is 373 g/mol. The van der Waals surface area contributed by atoms with Crippen LogP contribution in [0, 0.1) is 5.82 Å². The third-order valence-corrected chi connectivity index (χ3v) is 4.65. The van der Waals surface area contributed by atoms with Crippen molar-refractivity contribution in [3.63, 3.8) is 0 Å². The fourth-order valence-corrected chi connectivity index (χ4v) is 2.77. The van der Waals surface area contributed by atoms with Gasteiger partial charge in [0.1, 0.15) is 6.61 Å². The number of halogens is 1. The Morgan fingerprint density at radius 3 is 2.48 bits per heavy atom. The third kappa shape index (κ3) is 6.97. The quantitative estimate of drug-likeness (QED) is 0.662. The van der Waals surface area contributed by atoms with Crippen LogP contribution in [0.25, 0.3) is 0 Å². The normalized spacial score (nSPS) is 11.4. The van der Waals surface area contributed by atoms with Crippen LogP contribution in [0.4, 0.5) is 4.39 Å². The van der Waals surface area contributed by atoms with E-state index < -0.39 is 15.8 Å². The van der Waals surface area contributed by atoms with E-state index in [4.69, 9.17) is 9.88 Å². The number of hydrogen-bond donors (Lipinski definition) is 2.